The SMILES string of the molecule is CCC(C)OC[C@@H]1CCCN1C(C)C. The van der Waals surface area contributed by atoms with Crippen molar-refractivity contribution in [3.8, 4) is 0 Å². The minimum Gasteiger partial charge on any atom is -0.377 e. The van der Waals surface area contributed by atoms with E-state index in [9.17, 15) is 0 Å². The Morgan fingerprint density at radius 1 is 1.36 bits per heavy atom. The molecule has 1 heterocycles. The Kier molecular flexibility index (Phi) is 4.90. The summed E-state index contributed by atoms with van der Waals surface area (Å²) in [6.07, 6.45) is 4.19. The molecule has 0 bridgehead atoms. The van der Waals surface area contributed by atoms with Gasteiger partial charge in [0.1, 0.15) is 0 Å². The summed E-state index contributed by atoms with van der Waals surface area (Å²) in [4.78, 5) is 2.57. The monoisotopic (exact) mass is 199 g/mol. The molecule has 2 heteroatoms. The van der Waals surface area contributed by atoms with Gasteiger partial charge in [-0.05, 0) is 46.6 Å². The summed E-state index contributed by atoms with van der Waals surface area (Å²) in [5, 5.41) is 0. The summed E-state index contributed by atoms with van der Waals surface area (Å²) < 4.78 is 5.81. The molecule has 1 fully saturated rings. The summed E-state index contributed by atoms with van der Waals surface area (Å²) in [6.45, 7) is 11.1. The Morgan fingerprint density at radius 3 is 2.64 bits per heavy atom. The molecule has 2 atom stereocenters. The summed E-state index contributed by atoms with van der Waals surface area (Å²) in [7, 11) is 0. The predicted octanol–water partition coefficient (Wildman–Crippen LogP) is 2.67. The van der Waals surface area contributed by atoms with E-state index in [0.29, 0.717) is 18.2 Å². The van der Waals surface area contributed by atoms with Gasteiger partial charge in [0.25, 0.3) is 0 Å². The maximum absolute atomic E-state index is 5.81. The average Bonchev–Trinajstić information content (AvgIpc) is 2.62. The molecule has 0 radical (unpaired) electrons. The van der Waals surface area contributed by atoms with E-state index in [1.54, 1.807) is 0 Å². The highest BCUT2D eigenvalue weighted by Gasteiger charge is 2.26. The van der Waals surface area contributed by atoms with Gasteiger partial charge in [-0.15, -0.1) is 0 Å². The molecular weight excluding hydrogens is 174 g/mol. The van der Waals surface area contributed by atoms with Crippen LogP contribution < -0.4 is 0 Å². The lowest BCUT2D eigenvalue weighted by atomic mass is 10.2. The minimum atomic E-state index is 0.421. The van der Waals surface area contributed by atoms with Crippen LogP contribution >= 0.6 is 0 Å². The largest absolute Gasteiger partial charge is 0.377 e. The molecule has 0 spiro atoms. The highest BCUT2D eigenvalue weighted by Crippen LogP contribution is 2.20. The van der Waals surface area contributed by atoms with Crippen molar-refractivity contribution in [3.63, 3.8) is 0 Å². The van der Waals surface area contributed by atoms with Crippen LogP contribution in [0.25, 0.3) is 0 Å². The minimum absolute atomic E-state index is 0.421. The third kappa shape index (κ3) is 3.25. The smallest absolute Gasteiger partial charge is 0.0625 e. The summed E-state index contributed by atoms with van der Waals surface area (Å²) in [6, 6.07) is 1.34. The maximum Gasteiger partial charge on any atom is 0.0625 e. The van der Waals surface area contributed by atoms with Crippen LogP contribution in [0, 0.1) is 0 Å². The molecule has 0 aromatic rings. The second-order valence-electron chi connectivity index (χ2n) is 4.68. The van der Waals surface area contributed by atoms with Crippen molar-refractivity contribution in [1.82, 2.24) is 4.90 Å². The zero-order valence-corrected chi connectivity index (χ0v) is 10.1. The average molecular weight is 199 g/mol. The fraction of sp³-hybridized carbons (Fsp3) is 1.00. The number of hydrogen-bond acceptors (Lipinski definition) is 2. The van der Waals surface area contributed by atoms with E-state index >= 15 is 0 Å². The highest BCUT2D eigenvalue weighted by atomic mass is 16.5. The van der Waals surface area contributed by atoms with Crippen LogP contribution in [0.15, 0.2) is 0 Å². The number of likely N-dealkylation sites (tertiary alicyclic amines) is 1. The summed E-state index contributed by atoms with van der Waals surface area (Å²) in [5.41, 5.74) is 0. The van der Waals surface area contributed by atoms with E-state index in [-0.39, 0.29) is 0 Å². The molecule has 2 nitrogen and oxygen atoms in total. The van der Waals surface area contributed by atoms with Gasteiger partial charge in [0.15, 0.2) is 0 Å². The molecule has 0 amide bonds. The van der Waals surface area contributed by atoms with Gasteiger partial charge in [0, 0.05) is 12.1 Å². The molecule has 1 aliphatic rings. The molecule has 0 aromatic carbocycles. The number of nitrogens with zero attached hydrogens (tertiary/aromatic N) is 1. The highest BCUT2D eigenvalue weighted by molar-refractivity contribution is 4.81. The molecule has 84 valence electrons. The van der Waals surface area contributed by atoms with Crippen molar-refractivity contribution < 1.29 is 4.74 Å². The molecule has 1 unspecified atom stereocenters. The van der Waals surface area contributed by atoms with Crippen molar-refractivity contribution in [1.29, 1.82) is 0 Å². The lowest BCUT2D eigenvalue weighted by molar-refractivity contribution is 0.0196. The molecule has 1 aliphatic heterocycles. The zero-order chi connectivity index (χ0) is 10.6. The first-order valence-electron chi connectivity index (χ1n) is 6.02. The van der Waals surface area contributed by atoms with Gasteiger partial charge in [0.05, 0.1) is 12.7 Å². The van der Waals surface area contributed by atoms with Crippen molar-refractivity contribution >= 4 is 0 Å². The van der Waals surface area contributed by atoms with Crippen molar-refractivity contribution in [3.05, 3.63) is 0 Å². The van der Waals surface area contributed by atoms with E-state index < -0.39 is 0 Å². The maximum atomic E-state index is 5.81. The van der Waals surface area contributed by atoms with Gasteiger partial charge in [-0.25, -0.2) is 0 Å². The van der Waals surface area contributed by atoms with E-state index in [1.807, 2.05) is 0 Å². The normalized spacial score (nSPS) is 25.9. The van der Waals surface area contributed by atoms with Crippen LogP contribution in [0.1, 0.15) is 47.0 Å². The van der Waals surface area contributed by atoms with Crippen LogP contribution in [-0.2, 0) is 4.74 Å². The van der Waals surface area contributed by atoms with Gasteiger partial charge in [-0.1, -0.05) is 6.92 Å². The molecule has 0 aliphatic carbocycles. The molecule has 1 saturated heterocycles. The molecule has 14 heavy (non-hydrogen) atoms. The zero-order valence-electron chi connectivity index (χ0n) is 10.1. The fourth-order valence-electron chi connectivity index (χ4n) is 2.11. The summed E-state index contributed by atoms with van der Waals surface area (Å²) in [5.74, 6) is 0. The number of rotatable bonds is 5. The number of ether oxygens (including phenoxy) is 1. The topological polar surface area (TPSA) is 12.5 Å². The van der Waals surface area contributed by atoms with E-state index in [4.69, 9.17) is 4.74 Å². The summed E-state index contributed by atoms with van der Waals surface area (Å²) >= 11 is 0. The predicted molar refractivity (Wildman–Crippen MR) is 60.6 cm³/mol. The van der Waals surface area contributed by atoms with Crippen LogP contribution in [0.4, 0.5) is 0 Å². The van der Waals surface area contributed by atoms with Gasteiger partial charge < -0.3 is 4.74 Å². The molecule has 1 rings (SSSR count). The van der Waals surface area contributed by atoms with Crippen molar-refractivity contribution in [2.45, 2.75) is 65.1 Å². The van der Waals surface area contributed by atoms with Crippen LogP contribution in [0.2, 0.25) is 0 Å². The standard InChI is InChI=1S/C12H25NO/c1-5-11(4)14-9-12-7-6-8-13(12)10(2)3/h10-12H,5-9H2,1-4H3/t11?,12-/m0/s1. The fourth-order valence-corrected chi connectivity index (χ4v) is 2.11. The molecular formula is C12H25NO. The van der Waals surface area contributed by atoms with Crippen LogP contribution in [0.5, 0.6) is 0 Å². The lowest BCUT2D eigenvalue weighted by Gasteiger charge is -2.28. The first-order chi connectivity index (χ1) is 6.65. The Bertz CT molecular complexity index is 158. The van der Waals surface area contributed by atoms with E-state index in [1.165, 1.54) is 19.4 Å². The molecule has 0 aromatic heterocycles. The number of hydrogen-bond donors (Lipinski definition) is 0. The second-order valence-corrected chi connectivity index (χ2v) is 4.68. The van der Waals surface area contributed by atoms with Crippen molar-refractivity contribution in [2.24, 2.45) is 0 Å². The van der Waals surface area contributed by atoms with Crippen molar-refractivity contribution in [2.75, 3.05) is 13.2 Å². The van der Waals surface area contributed by atoms with E-state index in [0.717, 1.165) is 13.0 Å². The Hall–Kier alpha value is -0.0800. The Labute approximate surface area is 88.6 Å². The lowest BCUT2D eigenvalue weighted by Crippen LogP contribution is -2.38. The van der Waals surface area contributed by atoms with Gasteiger partial charge in [0.2, 0.25) is 0 Å². The Balaban J connectivity index is 2.29. The van der Waals surface area contributed by atoms with Crippen LogP contribution in [0.3, 0.4) is 0 Å². The Morgan fingerprint density at radius 2 is 2.07 bits per heavy atom. The first kappa shape index (κ1) is 12.0. The van der Waals surface area contributed by atoms with E-state index in [2.05, 4.69) is 32.6 Å². The first-order valence-corrected chi connectivity index (χ1v) is 6.02. The second kappa shape index (κ2) is 5.72. The van der Waals surface area contributed by atoms with Gasteiger partial charge >= 0.3 is 0 Å². The van der Waals surface area contributed by atoms with Gasteiger partial charge in [-0.2, -0.15) is 0 Å². The molecule has 0 saturated carbocycles. The quantitative estimate of drug-likeness (QED) is 0.675. The van der Waals surface area contributed by atoms with Gasteiger partial charge in [-0.3, -0.25) is 4.90 Å². The van der Waals surface area contributed by atoms with Crippen LogP contribution in [-0.4, -0.2) is 36.2 Å². The third-order valence-electron chi connectivity index (χ3n) is 3.23. The molecule has 0 N–H and O–H groups in total. The third-order valence-corrected chi connectivity index (χ3v) is 3.23.